The maximum Gasteiger partial charge on any atom is 0.165 e. The van der Waals surface area contributed by atoms with Crippen molar-refractivity contribution in [3.63, 3.8) is 0 Å². The summed E-state index contributed by atoms with van der Waals surface area (Å²) in [4.78, 5) is 12.8. The van der Waals surface area contributed by atoms with Crippen molar-refractivity contribution in [2.75, 3.05) is 5.32 Å². The third-order valence-corrected chi connectivity index (χ3v) is 3.10. The number of nitrogens with zero attached hydrogens (tertiary/aromatic N) is 4. The Morgan fingerprint density at radius 1 is 1.37 bits per heavy atom. The van der Waals surface area contributed by atoms with Crippen molar-refractivity contribution in [1.29, 1.82) is 0 Å². The van der Waals surface area contributed by atoms with Crippen LogP contribution in [0.5, 0.6) is 0 Å². The minimum Gasteiger partial charge on any atom is -0.388 e. The van der Waals surface area contributed by atoms with Crippen LogP contribution in [0.25, 0.3) is 11.2 Å². The molecule has 0 saturated heterocycles. The van der Waals surface area contributed by atoms with E-state index in [0.717, 1.165) is 17.0 Å². The maximum atomic E-state index is 10.2. The van der Waals surface area contributed by atoms with Crippen molar-refractivity contribution in [1.82, 2.24) is 19.5 Å². The first kappa shape index (κ1) is 13.7. The number of hydrogen-bond donors (Lipinski definition) is 2. The summed E-state index contributed by atoms with van der Waals surface area (Å²) >= 11 is 0. The van der Waals surface area contributed by atoms with E-state index in [1.54, 1.807) is 6.33 Å². The lowest BCUT2D eigenvalue weighted by Gasteiger charge is -2.21. The van der Waals surface area contributed by atoms with Gasteiger partial charge < -0.3 is 15.0 Å². The molecule has 0 aromatic carbocycles. The molecule has 0 saturated carbocycles. The van der Waals surface area contributed by atoms with E-state index in [9.17, 15) is 5.11 Å². The fraction of sp³-hybridized carbons (Fsp3) is 0.615. The van der Waals surface area contributed by atoms with Crippen molar-refractivity contribution in [2.45, 2.75) is 52.3 Å². The van der Waals surface area contributed by atoms with Gasteiger partial charge in [0.15, 0.2) is 11.5 Å². The first-order valence-electron chi connectivity index (χ1n) is 6.57. The Morgan fingerprint density at radius 2 is 2.11 bits per heavy atom. The van der Waals surface area contributed by atoms with Gasteiger partial charge in [-0.15, -0.1) is 0 Å². The molecule has 2 heterocycles. The molecule has 0 spiro atoms. The molecule has 0 aliphatic heterocycles. The molecule has 1 atom stereocenters. The van der Waals surface area contributed by atoms with Gasteiger partial charge >= 0.3 is 0 Å². The molecule has 2 aromatic heterocycles. The zero-order valence-corrected chi connectivity index (χ0v) is 11.9. The molecular weight excluding hydrogens is 242 g/mol. The van der Waals surface area contributed by atoms with E-state index >= 15 is 0 Å². The van der Waals surface area contributed by atoms with E-state index < -0.39 is 5.60 Å². The predicted molar refractivity (Wildman–Crippen MR) is 75.0 cm³/mol. The van der Waals surface area contributed by atoms with Gasteiger partial charge in [-0.3, -0.25) is 0 Å². The highest BCUT2D eigenvalue weighted by Crippen LogP contribution is 2.20. The van der Waals surface area contributed by atoms with Crippen LogP contribution in [0.3, 0.4) is 0 Å². The molecule has 104 valence electrons. The predicted octanol–water partition coefficient (Wildman–Crippen LogP) is 1.81. The Morgan fingerprint density at radius 3 is 2.74 bits per heavy atom. The quantitative estimate of drug-likeness (QED) is 0.860. The lowest BCUT2D eigenvalue weighted by molar-refractivity contribution is 0.0389. The molecule has 0 amide bonds. The van der Waals surface area contributed by atoms with E-state index in [0.29, 0.717) is 13.0 Å². The average Bonchev–Trinajstić information content (AvgIpc) is 2.73. The lowest BCUT2D eigenvalue weighted by atomic mass is 10.0. The fourth-order valence-electron chi connectivity index (χ4n) is 1.85. The first-order chi connectivity index (χ1) is 8.93. The van der Waals surface area contributed by atoms with Crippen molar-refractivity contribution < 1.29 is 5.11 Å². The fourth-order valence-corrected chi connectivity index (χ4v) is 1.85. The van der Waals surface area contributed by atoms with Crippen LogP contribution in [0.1, 0.15) is 34.1 Å². The van der Waals surface area contributed by atoms with Crippen molar-refractivity contribution in [3.05, 3.63) is 12.7 Å². The maximum absolute atomic E-state index is 10.2. The summed E-state index contributed by atoms with van der Waals surface area (Å²) in [7, 11) is 0. The third kappa shape index (κ3) is 3.01. The molecule has 2 aromatic rings. The molecule has 2 rings (SSSR count). The molecule has 6 nitrogen and oxygen atoms in total. The Bertz CT molecular complexity index is 561. The Labute approximate surface area is 112 Å². The van der Waals surface area contributed by atoms with Crippen LogP contribution in [-0.2, 0) is 6.54 Å². The normalized spacial score (nSPS) is 14.8. The van der Waals surface area contributed by atoms with Gasteiger partial charge in [0.2, 0.25) is 0 Å². The number of hydrogen-bond acceptors (Lipinski definition) is 5. The standard InChI is InChI=1S/C13H21N5O/c1-5-13(4,19)6-18-8-16-10-11(17-9(2)3)14-7-15-12(10)18/h7-9,19H,5-6H2,1-4H3,(H,14,15,17)/t13-/m0/s1. The van der Waals surface area contributed by atoms with Crippen LogP contribution in [0.2, 0.25) is 0 Å². The number of rotatable bonds is 5. The van der Waals surface area contributed by atoms with E-state index in [1.807, 2.05) is 32.3 Å². The molecule has 0 unspecified atom stereocenters. The molecule has 6 heteroatoms. The van der Waals surface area contributed by atoms with E-state index in [-0.39, 0.29) is 6.04 Å². The summed E-state index contributed by atoms with van der Waals surface area (Å²) in [6.45, 7) is 8.34. The Hall–Kier alpha value is -1.69. The van der Waals surface area contributed by atoms with Crippen molar-refractivity contribution >= 4 is 17.0 Å². The molecule has 0 aliphatic rings. The zero-order valence-electron chi connectivity index (χ0n) is 11.9. The summed E-state index contributed by atoms with van der Waals surface area (Å²) < 4.78 is 1.87. The summed E-state index contributed by atoms with van der Waals surface area (Å²) in [6.07, 6.45) is 3.90. The van der Waals surface area contributed by atoms with Crippen LogP contribution >= 0.6 is 0 Å². The number of imidazole rings is 1. The molecule has 0 bridgehead atoms. The van der Waals surface area contributed by atoms with Gasteiger partial charge in [-0.05, 0) is 27.2 Å². The zero-order chi connectivity index (χ0) is 14.0. The largest absolute Gasteiger partial charge is 0.388 e. The van der Waals surface area contributed by atoms with E-state index in [1.165, 1.54) is 6.33 Å². The highest BCUT2D eigenvalue weighted by atomic mass is 16.3. The van der Waals surface area contributed by atoms with Gasteiger partial charge in [0.1, 0.15) is 11.8 Å². The lowest BCUT2D eigenvalue weighted by Crippen LogP contribution is -2.29. The molecular formula is C13H21N5O. The van der Waals surface area contributed by atoms with Crippen LogP contribution in [-0.4, -0.2) is 36.3 Å². The Kier molecular flexibility index (Phi) is 3.71. The molecule has 0 fully saturated rings. The van der Waals surface area contributed by atoms with Crippen LogP contribution < -0.4 is 5.32 Å². The third-order valence-electron chi connectivity index (χ3n) is 3.10. The molecule has 19 heavy (non-hydrogen) atoms. The minimum absolute atomic E-state index is 0.280. The summed E-state index contributed by atoms with van der Waals surface area (Å²) in [5.74, 6) is 0.731. The van der Waals surface area contributed by atoms with Gasteiger partial charge in [0, 0.05) is 6.04 Å². The molecule has 2 N–H and O–H groups in total. The Balaban J connectivity index is 2.38. The number of fused-ring (bicyclic) bond motifs is 1. The summed E-state index contributed by atoms with van der Waals surface area (Å²) in [5.41, 5.74) is 0.722. The number of nitrogens with one attached hydrogen (secondary N) is 1. The average molecular weight is 263 g/mol. The first-order valence-corrected chi connectivity index (χ1v) is 6.57. The minimum atomic E-state index is -0.760. The topological polar surface area (TPSA) is 75.9 Å². The van der Waals surface area contributed by atoms with Gasteiger partial charge in [0.05, 0.1) is 18.5 Å². The highest BCUT2D eigenvalue weighted by Gasteiger charge is 2.20. The van der Waals surface area contributed by atoms with Gasteiger partial charge in [0.25, 0.3) is 0 Å². The van der Waals surface area contributed by atoms with Crippen LogP contribution in [0, 0.1) is 0 Å². The second-order valence-corrected chi connectivity index (χ2v) is 5.42. The van der Waals surface area contributed by atoms with Crippen LogP contribution in [0.4, 0.5) is 5.82 Å². The van der Waals surface area contributed by atoms with E-state index in [4.69, 9.17) is 0 Å². The van der Waals surface area contributed by atoms with E-state index in [2.05, 4.69) is 20.3 Å². The number of aromatic nitrogens is 4. The van der Waals surface area contributed by atoms with Crippen molar-refractivity contribution in [2.24, 2.45) is 0 Å². The van der Waals surface area contributed by atoms with Gasteiger partial charge in [-0.2, -0.15) is 0 Å². The highest BCUT2D eigenvalue weighted by molar-refractivity contribution is 5.82. The smallest absolute Gasteiger partial charge is 0.165 e. The monoisotopic (exact) mass is 263 g/mol. The number of aliphatic hydroxyl groups is 1. The molecule has 0 radical (unpaired) electrons. The number of anilines is 1. The van der Waals surface area contributed by atoms with Gasteiger partial charge in [-0.1, -0.05) is 6.92 Å². The SMILES string of the molecule is CC[C@](C)(O)Cn1cnc2c(NC(C)C)ncnc21. The van der Waals surface area contributed by atoms with Crippen molar-refractivity contribution in [3.8, 4) is 0 Å². The second-order valence-electron chi connectivity index (χ2n) is 5.42. The second kappa shape index (κ2) is 5.13. The summed E-state index contributed by atoms with van der Waals surface area (Å²) in [6, 6.07) is 0.280. The summed E-state index contributed by atoms with van der Waals surface area (Å²) in [5, 5.41) is 13.4. The van der Waals surface area contributed by atoms with Gasteiger partial charge in [-0.25, -0.2) is 15.0 Å². The van der Waals surface area contributed by atoms with Crippen LogP contribution in [0.15, 0.2) is 12.7 Å². The molecule has 0 aliphatic carbocycles.